The van der Waals surface area contributed by atoms with E-state index in [0.717, 1.165) is 37.6 Å². The van der Waals surface area contributed by atoms with Gasteiger partial charge in [-0.05, 0) is 50.4 Å². The summed E-state index contributed by atoms with van der Waals surface area (Å²) in [5, 5.41) is 3.25. The molecule has 1 aliphatic heterocycles. The highest BCUT2D eigenvalue weighted by Gasteiger charge is 2.22. The first-order chi connectivity index (χ1) is 12.2. The molecule has 1 saturated heterocycles. The number of carbonyl (C=O) groups is 1. The van der Waals surface area contributed by atoms with E-state index in [0.29, 0.717) is 18.0 Å². The van der Waals surface area contributed by atoms with Gasteiger partial charge in [0.1, 0.15) is 11.6 Å². The van der Waals surface area contributed by atoms with Crippen LogP contribution in [-0.4, -0.2) is 60.5 Å². The number of amides is 1. The highest BCUT2D eigenvalue weighted by atomic mass is 16.5. The molecule has 0 radical (unpaired) electrons. The second-order valence-electron chi connectivity index (χ2n) is 6.08. The summed E-state index contributed by atoms with van der Waals surface area (Å²) in [5.74, 6) is 1.42. The second-order valence-corrected chi connectivity index (χ2v) is 6.08. The molecule has 1 aliphatic rings. The van der Waals surface area contributed by atoms with Crippen LogP contribution < -0.4 is 10.1 Å². The van der Waals surface area contributed by atoms with Gasteiger partial charge in [0.2, 0.25) is 0 Å². The third kappa shape index (κ3) is 4.28. The first-order valence-electron chi connectivity index (χ1n) is 8.60. The van der Waals surface area contributed by atoms with Crippen molar-refractivity contribution in [2.45, 2.75) is 6.92 Å². The van der Waals surface area contributed by atoms with Crippen molar-refractivity contribution in [3.8, 4) is 5.75 Å². The zero-order valence-electron chi connectivity index (χ0n) is 14.7. The van der Waals surface area contributed by atoms with Gasteiger partial charge in [-0.25, -0.2) is 4.98 Å². The number of benzene rings is 1. The van der Waals surface area contributed by atoms with Crippen LogP contribution in [-0.2, 0) is 0 Å². The van der Waals surface area contributed by atoms with Crippen LogP contribution in [0.1, 0.15) is 17.3 Å². The average molecular weight is 340 g/mol. The van der Waals surface area contributed by atoms with Crippen LogP contribution >= 0.6 is 0 Å². The van der Waals surface area contributed by atoms with Gasteiger partial charge in [-0.15, -0.1) is 0 Å². The van der Waals surface area contributed by atoms with Gasteiger partial charge < -0.3 is 19.9 Å². The number of likely N-dealkylation sites (N-methyl/N-ethyl adjacent to an activating group) is 1. The summed E-state index contributed by atoms with van der Waals surface area (Å²) in [6, 6.07) is 11.3. The molecular formula is C19H24N4O2. The fourth-order valence-corrected chi connectivity index (χ4v) is 2.80. The quantitative estimate of drug-likeness (QED) is 0.907. The molecule has 25 heavy (non-hydrogen) atoms. The molecule has 0 saturated carbocycles. The van der Waals surface area contributed by atoms with Crippen LogP contribution in [0.2, 0.25) is 0 Å². The molecular weight excluding hydrogens is 316 g/mol. The molecule has 1 aromatic carbocycles. The third-order valence-electron chi connectivity index (χ3n) is 4.26. The van der Waals surface area contributed by atoms with E-state index in [9.17, 15) is 4.79 Å². The van der Waals surface area contributed by atoms with Crippen molar-refractivity contribution in [1.29, 1.82) is 0 Å². The summed E-state index contributed by atoms with van der Waals surface area (Å²) in [6.45, 7) is 5.87. The lowest BCUT2D eigenvalue weighted by Gasteiger charge is -2.32. The summed E-state index contributed by atoms with van der Waals surface area (Å²) in [7, 11) is 2.07. The van der Waals surface area contributed by atoms with E-state index in [1.165, 1.54) is 0 Å². The van der Waals surface area contributed by atoms with Crippen LogP contribution in [0.25, 0.3) is 0 Å². The number of piperazine rings is 1. The van der Waals surface area contributed by atoms with E-state index < -0.39 is 0 Å². The van der Waals surface area contributed by atoms with Crippen LogP contribution in [0, 0.1) is 0 Å². The summed E-state index contributed by atoms with van der Waals surface area (Å²) >= 11 is 0. The molecule has 1 fully saturated rings. The zero-order chi connectivity index (χ0) is 17.6. The van der Waals surface area contributed by atoms with Crippen molar-refractivity contribution in [3.05, 3.63) is 48.2 Å². The number of carbonyl (C=O) groups excluding carboxylic acids is 1. The third-order valence-corrected chi connectivity index (χ3v) is 4.26. The number of nitrogens with one attached hydrogen (secondary N) is 1. The Labute approximate surface area is 148 Å². The number of nitrogens with zero attached hydrogens (tertiary/aromatic N) is 3. The fourth-order valence-electron chi connectivity index (χ4n) is 2.80. The second kappa shape index (κ2) is 7.98. The number of ether oxygens (including phenoxy) is 1. The summed E-state index contributed by atoms with van der Waals surface area (Å²) < 4.78 is 5.45. The molecule has 3 rings (SSSR count). The molecule has 6 nitrogen and oxygen atoms in total. The molecule has 0 aliphatic carbocycles. The number of pyridine rings is 1. The number of hydrogen-bond acceptors (Lipinski definition) is 5. The molecule has 1 aromatic heterocycles. The SMILES string of the molecule is CCOc1ccc(Nc2ncccc2C(=O)N2CCN(C)CC2)cc1. The predicted molar refractivity (Wildman–Crippen MR) is 98.5 cm³/mol. The predicted octanol–water partition coefficient (Wildman–Crippen LogP) is 2.61. The Hall–Kier alpha value is -2.60. The van der Waals surface area contributed by atoms with E-state index in [1.54, 1.807) is 12.3 Å². The van der Waals surface area contributed by atoms with Crippen LogP contribution in [0.3, 0.4) is 0 Å². The Morgan fingerprint density at radius 3 is 2.56 bits per heavy atom. The lowest BCUT2D eigenvalue weighted by molar-refractivity contribution is 0.0665. The van der Waals surface area contributed by atoms with Crippen LogP contribution in [0.4, 0.5) is 11.5 Å². The Bertz CT molecular complexity index is 710. The maximum atomic E-state index is 12.9. The highest BCUT2D eigenvalue weighted by Crippen LogP contribution is 2.22. The van der Waals surface area contributed by atoms with Crippen molar-refractivity contribution in [3.63, 3.8) is 0 Å². The first-order valence-corrected chi connectivity index (χ1v) is 8.60. The lowest BCUT2D eigenvalue weighted by atomic mass is 10.2. The van der Waals surface area contributed by atoms with Crippen molar-refractivity contribution in [1.82, 2.24) is 14.8 Å². The van der Waals surface area contributed by atoms with E-state index in [4.69, 9.17) is 4.74 Å². The largest absolute Gasteiger partial charge is 0.494 e. The Kier molecular flexibility index (Phi) is 5.50. The van der Waals surface area contributed by atoms with E-state index in [1.807, 2.05) is 42.2 Å². The molecule has 2 heterocycles. The summed E-state index contributed by atoms with van der Waals surface area (Å²) in [5.41, 5.74) is 1.47. The standard InChI is InChI=1S/C19H24N4O2/c1-3-25-16-8-6-15(7-9-16)21-18-17(5-4-10-20-18)19(24)23-13-11-22(2)12-14-23/h4-10H,3,11-14H2,1-2H3,(H,20,21). The van der Waals surface area contributed by atoms with Crippen molar-refractivity contribution in [2.24, 2.45) is 0 Å². The van der Waals surface area contributed by atoms with Gasteiger partial charge in [0.25, 0.3) is 5.91 Å². The topological polar surface area (TPSA) is 57.7 Å². The maximum Gasteiger partial charge on any atom is 0.257 e. The number of anilines is 2. The molecule has 0 unspecified atom stereocenters. The van der Waals surface area contributed by atoms with Gasteiger partial charge in [-0.2, -0.15) is 0 Å². The Morgan fingerprint density at radius 1 is 1.16 bits per heavy atom. The van der Waals surface area contributed by atoms with Gasteiger partial charge in [0.15, 0.2) is 0 Å². The Morgan fingerprint density at radius 2 is 1.88 bits per heavy atom. The molecule has 1 amide bonds. The minimum atomic E-state index is 0.0228. The van der Waals surface area contributed by atoms with Gasteiger partial charge in [-0.3, -0.25) is 4.79 Å². The van der Waals surface area contributed by atoms with Crippen molar-refractivity contribution >= 4 is 17.4 Å². The molecule has 1 N–H and O–H groups in total. The van der Waals surface area contributed by atoms with Crippen molar-refractivity contribution in [2.75, 3.05) is 45.2 Å². The molecule has 0 spiro atoms. The van der Waals surface area contributed by atoms with Crippen molar-refractivity contribution < 1.29 is 9.53 Å². The van der Waals surface area contributed by atoms with Gasteiger partial charge in [-0.1, -0.05) is 0 Å². The van der Waals surface area contributed by atoms with Gasteiger partial charge >= 0.3 is 0 Å². The number of aromatic nitrogens is 1. The molecule has 0 atom stereocenters. The van der Waals surface area contributed by atoms with Crippen LogP contribution in [0.5, 0.6) is 5.75 Å². The normalized spacial score (nSPS) is 15.0. The zero-order valence-corrected chi connectivity index (χ0v) is 14.7. The average Bonchev–Trinajstić information content (AvgIpc) is 2.64. The fraction of sp³-hybridized carbons (Fsp3) is 0.368. The Balaban J connectivity index is 1.75. The highest BCUT2D eigenvalue weighted by molar-refractivity contribution is 5.99. The summed E-state index contributed by atoms with van der Waals surface area (Å²) in [4.78, 5) is 21.3. The molecule has 132 valence electrons. The lowest BCUT2D eigenvalue weighted by Crippen LogP contribution is -2.47. The minimum absolute atomic E-state index is 0.0228. The van der Waals surface area contributed by atoms with Gasteiger partial charge in [0.05, 0.1) is 12.2 Å². The van der Waals surface area contributed by atoms with Gasteiger partial charge in [0, 0.05) is 38.1 Å². The monoisotopic (exact) mass is 340 g/mol. The minimum Gasteiger partial charge on any atom is -0.494 e. The molecule has 6 heteroatoms. The number of rotatable bonds is 5. The number of hydrogen-bond donors (Lipinski definition) is 1. The maximum absolute atomic E-state index is 12.9. The summed E-state index contributed by atoms with van der Waals surface area (Å²) in [6.07, 6.45) is 1.69. The smallest absolute Gasteiger partial charge is 0.257 e. The van der Waals surface area contributed by atoms with E-state index in [-0.39, 0.29) is 5.91 Å². The van der Waals surface area contributed by atoms with Crippen LogP contribution in [0.15, 0.2) is 42.6 Å². The molecule has 2 aromatic rings. The molecule has 0 bridgehead atoms. The van der Waals surface area contributed by atoms with E-state index >= 15 is 0 Å². The van der Waals surface area contributed by atoms with E-state index in [2.05, 4.69) is 22.2 Å². The first kappa shape index (κ1) is 17.2.